The first-order chi connectivity index (χ1) is 3.12. The van der Waals surface area contributed by atoms with Gasteiger partial charge in [0.2, 0.25) is 0 Å². The summed E-state index contributed by atoms with van der Waals surface area (Å²) in [7, 11) is -3.36. The minimum atomic E-state index is -3.76. The van der Waals surface area contributed by atoms with Gasteiger partial charge in [0.1, 0.15) is 0 Å². The van der Waals surface area contributed by atoms with Crippen LogP contribution in [0.25, 0.3) is 0 Å². The van der Waals surface area contributed by atoms with Gasteiger partial charge in [0, 0.05) is 10.2 Å². The summed E-state index contributed by atoms with van der Waals surface area (Å²) in [5.74, 6) is 0. The molecule has 0 rings (SSSR count). The van der Waals surface area contributed by atoms with Crippen LogP contribution in [0.1, 0.15) is 0 Å². The molecule has 0 radical (unpaired) electrons. The van der Waals surface area contributed by atoms with Gasteiger partial charge in [-0.05, 0) is 4.53 Å². The van der Waals surface area contributed by atoms with E-state index in [4.69, 9.17) is 0 Å². The van der Waals surface area contributed by atoms with Crippen LogP contribution in [-0.2, 0) is 14.5 Å². The third kappa shape index (κ3) is 2.72. The first-order valence-corrected chi connectivity index (χ1v) is 4.64. The average Bonchev–Trinajstić information content (AvgIpc) is 1.68. The third-order valence-electron chi connectivity index (χ3n) is 0.450. The van der Waals surface area contributed by atoms with E-state index in [0.717, 1.165) is 0 Å². The molecule has 0 aromatic heterocycles. The molecule has 0 bridgehead atoms. The van der Waals surface area contributed by atoms with E-state index < -0.39 is 10.1 Å². The summed E-state index contributed by atoms with van der Waals surface area (Å²) >= 11 is 0. The maximum Gasteiger partial charge on any atom is 0.294 e. The van der Waals surface area contributed by atoms with Gasteiger partial charge in [0.15, 0.2) is 0 Å². The molecule has 0 saturated carbocycles. The Balaban J connectivity index is 3.89. The Morgan fingerprint density at radius 3 is 2.14 bits per heavy atom. The molecule has 7 heavy (non-hydrogen) atoms. The van der Waals surface area contributed by atoms with E-state index >= 15 is 0 Å². The van der Waals surface area contributed by atoms with Crippen molar-refractivity contribution < 1.29 is 17.3 Å². The van der Waals surface area contributed by atoms with Crippen LogP contribution < -0.4 is 0 Å². The fraction of sp³-hybridized carbons (Fsp3) is 1.00. The largest absolute Gasteiger partial charge is 0.294 e. The van der Waals surface area contributed by atoms with Gasteiger partial charge in [-0.15, -0.1) is 0 Å². The highest BCUT2D eigenvalue weighted by Gasteiger charge is 2.04. The van der Waals surface area contributed by atoms with Crippen molar-refractivity contribution in [1.29, 1.82) is 0 Å². The van der Waals surface area contributed by atoms with E-state index in [1.54, 1.807) is 0 Å². The Morgan fingerprint density at radius 1 is 1.71 bits per heavy atom. The summed E-state index contributed by atoms with van der Waals surface area (Å²) in [5, 5.41) is -0.191. The van der Waals surface area contributed by atoms with Gasteiger partial charge in [-0.3, -0.25) is 0 Å². The maximum atomic E-state index is 10.7. The maximum absolute atomic E-state index is 10.7. The summed E-state index contributed by atoms with van der Waals surface area (Å²) in [6.07, 6.45) is 0. The molecule has 44 valence electrons. The first-order valence-electron chi connectivity index (χ1n) is 1.65. The molecule has 0 aliphatic carbocycles. The van der Waals surface area contributed by atoms with Crippen LogP contribution in [0.5, 0.6) is 0 Å². The molecule has 0 fully saturated rings. The van der Waals surface area contributed by atoms with Crippen molar-refractivity contribution in [2.75, 3.05) is 5.38 Å². The summed E-state index contributed by atoms with van der Waals surface area (Å²) < 4.78 is 32.9. The normalized spacial score (nSPS) is 12.1. The second-order valence-corrected chi connectivity index (χ2v) is 4.46. The SMILES string of the molecule is O=S(=O)(C[SiH3])OF. The topological polar surface area (TPSA) is 43.4 Å². The quantitative estimate of drug-likeness (QED) is 0.445. The number of halogens is 1. The van der Waals surface area contributed by atoms with E-state index in [1.165, 1.54) is 0 Å². The predicted octanol–water partition coefficient (Wildman–Crippen LogP) is -1.46. The Morgan fingerprint density at radius 2 is 2.14 bits per heavy atom. The van der Waals surface area contributed by atoms with E-state index in [1.807, 2.05) is 0 Å². The van der Waals surface area contributed by atoms with E-state index in [2.05, 4.69) is 4.39 Å². The second kappa shape index (κ2) is 2.39. The standard InChI is InChI=1S/CH5FO3SSi/c2-5-6(3,4)1-7/h1H2,7H3. The fourth-order valence-corrected chi connectivity index (χ4v) is 0.401. The van der Waals surface area contributed by atoms with Crippen LogP contribution in [0.3, 0.4) is 0 Å². The molecular formula is CH5FO3SSi. The molecule has 0 spiro atoms. The summed E-state index contributed by atoms with van der Waals surface area (Å²) in [4.78, 5) is 0. The molecule has 0 saturated heterocycles. The highest BCUT2D eigenvalue weighted by molar-refractivity contribution is 7.87. The summed E-state index contributed by atoms with van der Waals surface area (Å²) in [6, 6.07) is 0. The van der Waals surface area contributed by atoms with E-state index in [9.17, 15) is 12.9 Å². The zero-order chi connectivity index (χ0) is 5.91. The van der Waals surface area contributed by atoms with Crippen LogP contribution >= 0.6 is 0 Å². The highest BCUT2D eigenvalue weighted by atomic mass is 32.2. The van der Waals surface area contributed by atoms with Gasteiger partial charge in [0.05, 0.1) is 5.38 Å². The predicted molar refractivity (Wildman–Crippen MR) is 25.9 cm³/mol. The lowest BCUT2D eigenvalue weighted by Crippen LogP contribution is -2.04. The van der Waals surface area contributed by atoms with Crippen molar-refractivity contribution in [3.05, 3.63) is 0 Å². The van der Waals surface area contributed by atoms with Gasteiger partial charge in [0.25, 0.3) is 10.1 Å². The zero-order valence-corrected chi connectivity index (χ0v) is 6.53. The lowest BCUT2D eigenvalue weighted by atomic mass is 11.9. The molecule has 3 nitrogen and oxygen atoms in total. The minimum Gasteiger partial charge on any atom is -0.197 e. The summed E-state index contributed by atoms with van der Waals surface area (Å²) in [5.41, 5.74) is 0. The molecule has 0 aromatic carbocycles. The molecule has 0 aliphatic rings. The van der Waals surface area contributed by atoms with E-state index in [0.29, 0.717) is 10.2 Å². The van der Waals surface area contributed by atoms with Crippen molar-refractivity contribution in [1.82, 2.24) is 0 Å². The smallest absolute Gasteiger partial charge is 0.197 e. The molecule has 0 amide bonds. The second-order valence-electron chi connectivity index (χ2n) is 0.909. The minimum absolute atomic E-state index is 0.191. The van der Waals surface area contributed by atoms with Crippen molar-refractivity contribution in [2.45, 2.75) is 0 Å². The lowest BCUT2D eigenvalue weighted by Gasteiger charge is -1.85. The van der Waals surface area contributed by atoms with Gasteiger partial charge in [-0.25, -0.2) is 0 Å². The molecule has 0 N–H and O–H groups in total. The van der Waals surface area contributed by atoms with Crippen LogP contribution in [0, 0.1) is 0 Å². The monoisotopic (exact) mass is 144 g/mol. The molecule has 0 aliphatic heterocycles. The Hall–Kier alpha value is 0.0569. The molecular weight excluding hydrogens is 139 g/mol. The van der Waals surface area contributed by atoms with Gasteiger partial charge in [-0.1, -0.05) is 4.39 Å². The number of hydrogen-bond donors (Lipinski definition) is 0. The average molecular weight is 144 g/mol. The van der Waals surface area contributed by atoms with E-state index in [-0.39, 0.29) is 5.38 Å². The van der Waals surface area contributed by atoms with Crippen molar-refractivity contribution in [3.63, 3.8) is 0 Å². The van der Waals surface area contributed by atoms with Crippen molar-refractivity contribution in [2.24, 2.45) is 0 Å². The Bertz CT molecular complexity index is 118. The van der Waals surface area contributed by atoms with Crippen molar-refractivity contribution in [3.8, 4) is 0 Å². The van der Waals surface area contributed by atoms with Gasteiger partial charge >= 0.3 is 0 Å². The zero-order valence-electron chi connectivity index (χ0n) is 3.72. The van der Waals surface area contributed by atoms with Gasteiger partial charge in [-0.2, -0.15) is 8.42 Å². The van der Waals surface area contributed by atoms with Crippen LogP contribution in [0.15, 0.2) is 0 Å². The highest BCUT2D eigenvalue weighted by Crippen LogP contribution is 1.87. The molecule has 6 heteroatoms. The first kappa shape index (κ1) is 7.06. The Kier molecular flexibility index (Phi) is 2.41. The molecule has 0 atom stereocenters. The number of rotatable bonds is 2. The van der Waals surface area contributed by atoms with Crippen molar-refractivity contribution >= 4 is 20.4 Å². The third-order valence-corrected chi connectivity index (χ3v) is 3.47. The van der Waals surface area contributed by atoms with Crippen LogP contribution in [0.4, 0.5) is 4.53 Å². The number of hydrogen-bond acceptors (Lipinski definition) is 3. The van der Waals surface area contributed by atoms with Gasteiger partial charge < -0.3 is 0 Å². The fourth-order valence-electron chi connectivity index (χ4n) is 0.0445. The molecule has 0 heterocycles. The van der Waals surface area contributed by atoms with Crippen LogP contribution in [0.2, 0.25) is 0 Å². The van der Waals surface area contributed by atoms with Crippen LogP contribution in [-0.4, -0.2) is 24.0 Å². The summed E-state index contributed by atoms with van der Waals surface area (Å²) in [6.45, 7) is 0. The Labute approximate surface area is 43.9 Å². The molecule has 0 aromatic rings. The lowest BCUT2D eigenvalue weighted by molar-refractivity contribution is 0.00380. The molecule has 0 unspecified atom stereocenters.